The molecule has 284 valence electrons. The van der Waals surface area contributed by atoms with Gasteiger partial charge in [-0.1, -0.05) is 132 Å². The molecule has 0 fully saturated rings. The first-order valence-corrected chi connectivity index (χ1v) is 21.7. The maximum absolute atomic E-state index is 14.1. The maximum Gasteiger partial charge on any atom is 0.186 e. The minimum atomic E-state index is -0.641. The fourth-order valence-corrected chi connectivity index (χ4v) is 11.2. The molecule has 0 spiro atoms. The molecule has 0 radical (unpaired) electrons. The summed E-state index contributed by atoms with van der Waals surface area (Å²) in [7, 11) is 0. The van der Waals surface area contributed by atoms with Crippen LogP contribution in [0.15, 0.2) is 131 Å². The van der Waals surface area contributed by atoms with E-state index < -0.39 is 6.10 Å². The fourth-order valence-electron chi connectivity index (χ4n) is 7.62. The van der Waals surface area contributed by atoms with Crippen LogP contribution >= 0.6 is 34.0 Å². The lowest BCUT2D eigenvalue weighted by atomic mass is 9.70. The van der Waals surface area contributed by atoms with Crippen LogP contribution in [-0.4, -0.2) is 17.0 Å². The average molecular weight is 783 g/mol. The first-order valence-electron chi connectivity index (χ1n) is 19.3. The summed E-state index contributed by atoms with van der Waals surface area (Å²) >= 11 is 5.45. The molecule has 0 atom stereocenters. The van der Waals surface area contributed by atoms with E-state index in [1.165, 1.54) is 40.4 Å². The van der Waals surface area contributed by atoms with Crippen molar-refractivity contribution in [3.05, 3.63) is 150 Å². The van der Waals surface area contributed by atoms with Gasteiger partial charge >= 0.3 is 0 Å². The number of rotatable bonds is 4. The SMILES string of the molecule is CC(C)(C)C1=CC(=C(c2ccc(C(=C3C=C(C(C)(C)C)C(O)C(C(C)(C)C)=C3)c3cc4ccccc4s3)s2)c2cc3ccccc3s2)C=C(C(C)(C)C)C1=O. The smallest absolute Gasteiger partial charge is 0.186 e. The Bertz CT molecular complexity index is 2400. The van der Waals surface area contributed by atoms with Crippen molar-refractivity contribution < 1.29 is 9.90 Å². The molecule has 3 heterocycles. The van der Waals surface area contributed by atoms with Gasteiger partial charge in [0.15, 0.2) is 5.78 Å². The van der Waals surface area contributed by atoms with Crippen LogP contribution in [-0.2, 0) is 4.79 Å². The van der Waals surface area contributed by atoms with E-state index in [-0.39, 0.29) is 27.4 Å². The summed E-state index contributed by atoms with van der Waals surface area (Å²) in [6.45, 7) is 26.1. The quantitative estimate of drug-likeness (QED) is 0.197. The standard InChI is InChI=1S/C50H54O2S3/c1-47(2,3)33-23-31(24-34(45(33)51)48(4,5)6)43(41-27-29-17-13-15-19-37(29)53-41)39-21-22-40(55-39)44(42-28-30-18-14-16-20-38(30)54-42)32-25-35(49(7,8)9)46(52)36(26-32)50(10,11)12/h13-28,45,51H,1-12H3. The third-order valence-electron chi connectivity index (χ3n) is 10.7. The van der Waals surface area contributed by atoms with E-state index in [0.29, 0.717) is 0 Å². The van der Waals surface area contributed by atoms with Crippen LogP contribution in [0.5, 0.6) is 0 Å². The molecule has 0 aliphatic heterocycles. The van der Waals surface area contributed by atoms with Gasteiger partial charge in [0, 0.05) is 51.2 Å². The van der Waals surface area contributed by atoms with Gasteiger partial charge < -0.3 is 5.11 Å². The average Bonchev–Trinajstić information content (AvgIpc) is 3.83. The summed E-state index contributed by atoms with van der Waals surface area (Å²) in [5, 5.41) is 14.3. The van der Waals surface area contributed by atoms with Gasteiger partial charge in [0.1, 0.15) is 0 Å². The van der Waals surface area contributed by atoms with E-state index in [1.54, 1.807) is 0 Å². The first-order chi connectivity index (χ1) is 25.6. The largest absolute Gasteiger partial charge is 0.384 e. The molecule has 0 unspecified atom stereocenters. The molecule has 7 rings (SSSR count). The first kappa shape index (κ1) is 39.4. The molecule has 0 amide bonds. The van der Waals surface area contributed by atoms with Crippen LogP contribution in [0, 0.1) is 21.7 Å². The van der Waals surface area contributed by atoms with Crippen molar-refractivity contribution in [2.45, 2.75) is 89.2 Å². The normalized spacial score (nSPS) is 17.4. The highest BCUT2D eigenvalue weighted by molar-refractivity contribution is 7.22. The summed E-state index contributed by atoms with van der Waals surface area (Å²) in [5.41, 5.74) is 7.20. The van der Waals surface area contributed by atoms with Crippen molar-refractivity contribution in [2.75, 3.05) is 0 Å². The monoisotopic (exact) mass is 782 g/mol. The van der Waals surface area contributed by atoms with Crippen LogP contribution in [0.4, 0.5) is 0 Å². The third kappa shape index (κ3) is 7.66. The van der Waals surface area contributed by atoms with Crippen LogP contribution in [0.3, 0.4) is 0 Å². The Morgan fingerprint density at radius 2 is 0.873 bits per heavy atom. The number of Topliss-reactive ketones (excluding diaryl/α,β-unsaturated/α-hetero) is 1. The molecule has 55 heavy (non-hydrogen) atoms. The second-order valence-corrected chi connectivity index (χ2v) is 22.4. The Hall–Kier alpha value is -3.87. The van der Waals surface area contributed by atoms with Gasteiger partial charge in [-0.05, 0) is 103 Å². The van der Waals surface area contributed by atoms with Gasteiger partial charge in [-0.15, -0.1) is 34.0 Å². The lowest BCUT2D eigenvalue weighted by Crippen LogP contribution is -2.32. The predicted molar refractivity (Wildman–Crippen MR) is 241 cm³/mol. The summed E-state index contributed by atoms with van der Waals surface area (Å²) in [6.07, 6.45) is 8.21. The Morgan fingerprint density at radius 3 is 1.24 bits per heavy atom. The van der Waals surface area contributed by atoms with Crippen molar-refractivity contribution in [3.8, 4) is 0 Å². The molecule has 0 bridgehead atoms. The molecule has 1 N–H and O–H groups in total. The zero-order valence-electron chi connectivity index (χ0n) is 34.4. The summed E-state index contributed by atoms with van der Waals surface area (Å²) < 4.78 is 2.50. The highest BCUT2D eigenvalue weighted by Crippen LogP contribution is 2.49. The fraction of sp³-hybridized carbons (Fsp3) is 0.340. The van der Waals surface area contributed by atoms with Gasteiger partial charge in [-0.2, -0.15) is 0 Å². The minimum Gasteiger partial charge on any atom is -0.384 e. The molecule has 5 heteroatoms. The lowest BCUT2D eigenvalue weighted by molar-refractivity contribution is -0.114. The number of carbonyl (C=O) groups is 1. The Balaban J connectivity index is 1.55. The summed E-state index contributed by atoms with van der Waals surface area (Å²) in [6, 6.07) is 26.4. The maximum atomic E-state index is 14.1. The van der Waals surface area contributed by atoms with Crippen molar-refractivity contribution in [1.82, 2.24) is 0 Å². The molecule has 3 aromatic heterocycles. The number of aliphatic hydroxyl groups is 1. The predicted octanol–water partition coefficient (Wildman–Crippen LogP) is 14.6. The molecule has 2 aliphatic carbocycles. The molecule has 5 aromatic rings. The number of benzene rings is 2. The number of hydrogen-bond acceptors (Lipinski definition) is 5. The molecule has 2 nitrogen and oxygen atoms in total. The second-order valence-electron chi connectivity index (χ2n) is 19.2. The number of hydrogen-bond donors (Lipinski definition) is 1. The number of thiophene rings is 3. The number of ketones is 1. The lowest BCUT2D eigenvalue weighted by Gasteiger charge is -2.37. The van der Waals surface area contributed by atoms with Gasteiger partial charge in [-0.3, -0.25) is 4.79 Å². The van der Waals surface area contributed by atoms with Crippen molar-refractivity contribution in [3.63, 3.8) is 0 Å². The molecular formula is C50H54O2S3. The number of aliphatic hydroxyl groups excluding tert-OH is 1. The number of carbonyl (C=O) groups excluding carboxylic acids is 1. The van der Waals surface area contributed by atoms with E-state index in [0.717, 1.165) is 43.9 Å². The molecule has 0 saturated heterocycles. The third-order valence-corrected chi connectivity index (χ3v) is 14.1. The van der Waals surface area contributed by atoms with Gasteiger partial charge in [0.05, 0.1) is 6.10 Å². The van der Waals surface area contributed by atoms with Crippen LogP contribution in [0.1, 0.15) is 103 Å². The topological polar surface area (TPSA) is 37.3 Å². The Kier molecular flexibility index (Phi) is 9.99. The van der Waals surface area contributed by atoms with E-state index in [1.807, 2.05) is 34.0 Å². The molecular weight excluding hydrogens is 729 g/mol. The van der Waals surface area contributed by atoms with E-state index >= 15 is 0 Å². The number of allylic oxidation sites excluding steroid dienone is 8. The number of fused-ring (bicyclic) bond motifs is 2. The molecule has 2 aromatic carbocycles. The Morgan fingerprint density at radius 1 is 0.491 bits per heavy atom. The van der Waals surface area contributed by atoms with E-state index in [2.05, 4.69) is 180 Å². The second kappa shape index (κ2) is 14.0. The molecule has 2 aliphatic rings. The zero-order valence-corrected chi connectivity index (χ0v) is 36.8. The van der Waals surface area contributed by atoms with Gasteiger partial charge in [-0.25, -0.2) is 0 Å². The van der Waals surface area contributed by atoms with Gasteiger partial charge in [0.2, 0.25) is 0 Å². The zero-order chi connectivity index (χ0) is 39.8. The summed E-state index contributed by atoms with van der Waals surface area (Å²) in [5.74, 6) is 0.144. The van der Waals surface area contributed by atoms with E-state index in [9.17, 15) is 9.90 Å². The molecule has 0 saturated carbocycles. The van der Waals surface area contributed by atoms with Crippen molar-refractivity contribution in [2.24, 2.45) is 21.7 Å². The highest BCUT2D eigenvalue weighted by Gasteiger charge is 2.37. The van der Waals surface area contributed by atoms with E-state index in [4.69, 9.17) is 0 Å². The highest BCUT2D eigenvalue weighted by atomic mass is 32.1. The Labute approximate surface area is 340 Å². The van der Waals surface area contributed by atoms with Crippen molar-refractivity contribution in [1.29, 1.82) is 0 Å². The van der Waals surface area contributed by atoms with Crippen molar-refractivity contribution >= 4 is 71.1 Å². The van der Waals surface area contributed by atoms with Gasteiger partial charge in [0.25, 0.3) is 0 Å². The minimum absolute atomic E-state index is 0.144. The summed E-state index contributed by atoms with van der Waals surface area (Å²) in [4.78, 5) is 18.9. The van der Waals surface area contributed by atoms with Crippen LogP contribution in [0.2, 0.25) is 0 Å². The van der Waals surface area contributed by atoms with Crippen LogP contribution < -0.4 is 0 Å². The van der Waals surface area contributed by atoms with Crippen LogP contribution in [0.25, 0.3) is 31.3 Å².